The van der Waals surface area contributed by atoms with Crippen molar-refractivity contribution in [3.63, 3.8) is 0 Å². The molecule has 1 saturated carbocycles. The Morgan fingerprint density at radius 3 is 2.47 bits per heavy atom. The van der Waals surface area contributed by atoms with Crippen molar-refractivity contribution >= 4 is 5.96 Å². The highest BCUT2D eigenvalue weighted by atomic mass is 15.3. The van der Waals surface area contributed by atoms with Crippen LogP contribution in [0.4, 0.5) is 0 Å². The quantitative estimate of drug-likeness (QED) is 0.490. The number of nitrogens with zero attached hydrogens (tertiary/aromatic N) is 5. The molecule has 2 N–H and O–H groups in total. The second-order valence-electron chi connectivity index (χ2n) is 8.04. The summed E-state index contributed by atoms with van der Waals surface area (Å²) in [6.07, 6.45) is 5.00. The molecule has 0 aliphatic heterocycles. The Morgan fingerprint density at radius 2 is 1.87 bits per heavy atom. The number of hydrogen-bond acceptors (Lipinski definition) is 4. The van der Waals surface area contributed by atoms with Crippen molar-refractivity contribution < 1.29 is 0 Å². The summed E-state index contributed by atoms with van der Waals surface area (Å²) in [5.41, 5.74) is 1.33. The fraction of sp³-hybridized carbons (Fsp3) is 0.609. The van der Waals surface area contributed by atoms with E-state index in [1.165, 1.54) is 31.2 Å². The first kappa shape index (κ1) is 22.3. The minimum Gasteiger partial charge on any atom is -0.354 e. The van der Waals surface area contributed by atoms with E-state index < -0.39 is 0 Å². The normalized spacial score (nSPS) is 16.2. The van der Waals surface area contributed by atoms with E-state index in [1.807, 2.05) is 18.5 Å². The van der Waals surface area contributed by atoms with Gasteiger partial charge in [0, 0.05) is 19.6 Å². The van der Waals surface area contributed by atoms with Gasteiger partial charge in [0.15, 0.2) is 11.8 Å². The number of rotatable bonds is 9. The first-order valence-corrected chi connectivity index (χ1v) is 11.3. The molecule has 2 aromatic rings. The van der Waals surface area contributed by atoms with Crippen LogP contribution in [0.2, 0.25) is 0 Å². The van der Waals surface area contributed by atoms with Crippen LogP contribution < -0.4 is 10.6 Å². The number of benzene rings is 1. The second-order valence-corrected chi connectivity index (χ2v) is 8.04. The van der Waals surface area contributed by atoms with Crippen molar-refractivity contribution in [2.45, 2.75) is 65.1 Å². The number of nitrogens with one attached hydrogen (secondary N) is 2. The van der Waals surface area contributed by atoms with Crippen LogP contribution in [-0.4, -0.2) is 51.3 Å². The molecule has 0 amide bonds. The van der Waals surface area contributed by atoms with Crippen LogP contribution in [0.3, 0.4) is 0 Å². The van der Waals surface area contributed by atoms with E-state index in [-0.39, 0.29) is 0 Å². The van der Waals surface area contributed by atoms with E-state index in [0.717, 1.165) is 37.2 Å². The molecular weight excluding hydrogens is 374 g/mol. The van der Waals surface area contributed by atoms with E-state index in [9.17, 15) is 0 Å². The van der Waals surface area contributed by atoms with Gasteiger partial charge in [0.2, 0.25) is 0 Å². The molecule has 30 heavy (non-hydrogen) atoms. The van der Waals surface area contributed by atoms with Gasteiger partial charge in [0.25, 0.3) is 0 Å². The van der Waals surface area contributed by atoms with Crippen molar-refractivity contribution in [3.8, 4) is 0 Å². The maximum Gasteiger partial charge on any atom is 0.191 e. The van der Waals surface area contributed by atoms with Gasteiger partial charge in [0.05, 0.1) is 6.04 Å². The molecule has 0 radical (unpaired) electrons. The lowest BCUT2D eigenvalue weighted by Gasteiger charge is -2.31. The predicted octanol–water partition coefficient (Wildman–Crippen LogP) is 3.18. The number of aryl methyl sites for hydroxylation is 1. The van der Waals surface area contributed by atoms with Gasteiger partial charge in [-0.1, -0.05) is 57.0 Å². The Kier molecular flexibility index (Phi) is 8.25. The van der Waals surface area contributed by atoms with Crippen LogP contribution in [0.15, 0.2) is 35.3 Å². The lowest BCUT2D eigenvalue weighted by molar-refractivity contribution is 0.219. The molecule has 3 rings (SSSR count). The molecule has 1 atom stereocenters. The zero-order valence-corrected chi connectivity index (χ0v) is 18.9. The third-order valence-corrected chi connectivity index (χ3v) is 6.16. The maximum absolute atomic E-state index is 4.86. The van der Waals surface area contributed by atoms with Crippen molar-refractivity contribution in [1.29, 1.82) is 0 Å². The molecular formula is C23H37N7. The molecule has 1 aromatic carbocycles. The van der Waals surface area contributed by atoms with Crippen LogP contribution in [0.1, 0.15) is 62.8 Å². The fourth-order valence-corrected chi connectivity index (χ4v) is 4.15. The average molecular weight is 412 g/mol. The number of guanidine groups is 1. The van der Waals surface area contributed by atoms with Crippen molar-refractivity contribution in [1.82, 2.24) is 30.3 Å². The van der Waals surface area contributed by atoms with E-state index in [4.69, 9.17) is 4.99 Å². The lowest BCUT2D eigenvalue weighted by Crippen LogP contribution is -2.46. The van der Waals surface area contributed by atoms with Crippen LogP contribution in [0, 0.1) is 6.92 Å². The van der Waals surface area contributed by atoms with Gasteiger partial charge in [0.1, 0.15) is 12.4 Å². The van der Waals surface area contributed by atoms with E-state index >= 15 is 0 Å². The highest BCUT2D eigenvalue weighted by molar-refractivity contribution is 5.80. The van der Waals surface area contributed by atoms with Crippen molar-refractivity contribution in [3.05, 3.63) is 47.5 Å². The average Bonchev–Trinajstić information content (AvgIpc) is 3.40. The molecule has 0 bridgehead atoms. The van der Waals surface area contributed by atoms with Crippen molar-refractivity contribution in [2.24, 2.45) is 12.0 Å². The fourth-order valence-electron chi connectivity index (χ4n) is 4.15. The Balaban J connectivity index is 1.74. The summed E-state index contributed by atoms with van der Waals surface area (Å²) in [7, 11) is 1.99. The van der Waals surface area contributed by atoms with Gasteiger partial charge in [-0.05, 0) is 38.4 Å². The van der Waals surface area contributed by atoms with E-state index in [0.29, 0.717) is 18.6 Å². The van der Waals surface area contributed by atoms with Gasteiger partial charge in [-0.15, -0.1) is 10.2 Å². The summed E-state index contributed by atoms with van der Waals surface area (Å²) < 4.78 is 2.00. The molecule has 7 heteroatoms. The number of hydrogen-bond donors (Lipinski definition) is 2. The third-order valence-electron chi connectivity index (χ3n) is 6.16. The minimum atomic E-state index is 0.300. The number of aromatic nitrogens is 3. The molecule has 7 nitrogen and oxygen atoms in total. The summed E-state index contributed by atoms with van der Waals surface area (Å²) in [4.78, 5) is 7.35. The van der Waals surface area contributed by atoms with Gasteiger partial charge >= 0.3 is 0 Å². The summed E-state index contributed by atoms with van der Waals surface area (Å²) in [5.74, 6) is 2.66. The molecule has 1 unspecified atom stereocenters. The summed E-state index contributed by atoms with van der Waals surface area (Å²) in [6, 6.07) is 11.5. The molecule has 0 saturated heterocycles. The number of likely N-dealkylation sites (N-methyl/N-ethyl adjacent to an activating group) is 1. The zero-order chi connectivity index (χ0) is 21.3. The second kappa shape index (κ2) is 11.1. The Morgan fingerprint density at radius 1 is 1.17 bits per heavy atom. The van der Waals surface area contributed by atoms with Crippen LogP contribution in [0.5, 0.6) is 0 Å². The monoisotopic (exact) mass is 411 g/mol. The third kappa shape index (κ3) is 5.81. The molecule has 164 valence electrons. The van der Waals surface area contributed by atoms with Gasteiger partial charge in [-0.25, -0.2) is 4.99 Å². The highest BCUT2D eigenvalue weighted by Crippen LogP contribution is 2.20. The summed E-state index contributed by atoms with van der Waals surface area (Å²) in [6.45, 7) is 9.76. The van der Waals surface area contributed by atoms with Crippen LogP contribution in [0.25, 0.3) is 0 Å². The van der Waals surface area contributed by atoms with Crippen LogP contribution >= 0.6 is 0 Å². The first-order chi connectivity index (χ1) is 14.6. The summed E-state index contributed by atoms with van der Waals surface area (Å²) >= 11 is 0. The Hall–Kier alpha value is -2.41. The molecule has 1 fully saturated rings. The molecule has 1 aromatic heterocycles. The molecule has 1 heterocycles. The van der Waals surface area contributed by atoms with Crippen molar-refractivity contribution in [2.75, 3.05) is 19.6 Å². The molecule has 1 aliphatic carbocycles. The predicted molar refractivity (Wildman–Crippen MR) is 122 cm³/mol. The van der Waals surface area contributed by atoms with Crippen LogP contribution in [-0.2, 0) is 13.6 Å². The smallest absolute Gasteiger partial charge is 0.191 e. The minimum absolute atomic E-state index is 0.300. The Bertz CT molecular complexity index is 789. The molecule has 1 aliphatic rings. The highest BCUT2D eigenvalue weighted by Gasteiger charge is 2.20. The maximum atomic E-state index is 4.86. The summed E-state index contributed by atoms with van der Waals surface area (Å²) in [5, 5.41) is 15.7. The number of aliphatic imine (C=N–C) groups is 1. The van der Waals surface area contributed by atoms with Gasteiger partial charge < -0.3 is 15.2 Å². The zero-order valence-electron chi connectivity index (χ0n) is 18.9. The lowest BCUT2D eigenvalue weighted by atomic mass is 10.1. The van der Waals surface area contributed by atoms with Gasteiger partial charge in [-0.3, -0.25) is 4.90 Å². The van der Waals surface area contributed by atoms with E-state index in [2.05, 4.69) is 69.9 Å². The standard InChI is InChI=1S/C23H37N7/c1-5-30(6-2)21(19-12-8-7-9-13-19)16-24-23(26-20-14-10-11-15-20)25-17-22-28-27-18(3)29(22)4/h7-9,12-13,20-21H,5-6,10-11,14-17H2,1-4H3,(H2,24,25,26). The largest absolute Gasteiger partial charge is 0.354 e. The first-order valence-electron chi connectivity index (χ1n) is 11.3. The van der Waals surface area contributed by atoms with E-state index in [1.54, 1.807) is 0 Å². The molecule has 0 spiro atoms. The SMILES string of the molecule is CCN(CC)C(CNC(=NCc1nnc(C)n1C)NC1CCCC1)c1ccccc1. The van der Waals surface area contributed by atoms with Gasteiger partial charge in [-0.2, -0.15) is 0 Å². The topological polar surface area (TPSA) is 70.4 Å². The Labute approximate surface area is 181 Å².